The van der Waals surface area contributed by atoms with Crippen LogP contribution in [-0.2, 0) is 19.1 Å². The van der Waals surface area contributed by atoms with Crippen molar-refractivity contribution in [3.05, 3.63) is 129 Å². The minimum atomic E-state index is -1.43. The molecule has 11 heteroatoms. The van der Waals surface area contributed by atoms with Crippen molar-refractivity contribution in [2.45, 2.75) is 25.8 Å². The average Bonchev–Trinajstić information content (AvgIpc) is 3.93. The predicted molar refractivity (Wildman–Crippen MR) is 186 cm³/mol. The fourth-order valence-electron chi connectivity index (χ4n) is 5.52. The molecule has 0 aromatic heterocycles. The molecule has 0 spiro atoms. The fraction of sp³-hybridized carbons (Fsp3) is 0.216. The highest BCUT2D eigenvalue weighted by molar-refractivity contribution is 6.32. The number of nitrogens with one attached hydrogen (secondary N) is 1. The molecule has 1 atom stereocenters. The summed E-state index contributed by atoms with van der Waals surface area (Å²) in [6.07, 6.45) is 2.41. The van der Waals surface area contributed by atoms with Gasteiger partial charge >= 0.3 is 5.97 Å². The van der Waals surface area contributed by atoms with Crippen LogP contribution in [0.4, 0.5) is 15.8 Å². The molecule has 0 radical (unpaired) electrons. The van der Waals surface area contributed by atoms with Crippen molar-refractivity contribution >= 4 is 63.8 Å². The number of halogens is 3. The smallest absolute Gasteiger partial charge is 0.340 e. The zero-order valence-electron chi connectivity index (χ0n) is 26.0. The molecule has 48 heavy (non-hydrogen) atoms. The van der Waals surface area contributed by atoms with Crippen LogP contribution in [-0.4, -0.2) is 54.9 Å². The summed E-state index contributed by atoms with van der Waals surface area (Å²) in [5.74, 6) is -1.28. The van der Waals surface area contributed by atoms with Gasteiger partial charge in [0.25, 0.3) is 5.91 Å². The van der Waals surface area contributed by atoms with Crippen LogP contribution in [0.3, 0.4) is 0 Å². The Bertz CT molecular complexity index is 1950. The summed E-state index contributed by atoms with van der Waals surface area (Å²) in [6.45, 7) is 2.70. The number of fused-ring (bicyclic) bond motifs is 2. The first-order chi connectivity index (χ1) is 23.2. The minimum absolute atomic E-state index is 0.0615. The third-order valence-corrected chi connectivity index (χ3v) is 8.47. The van der Waals surface area contributed by atoms with Gasteiger partial charge in [0, 0.05) is 38.8 Å². The van der Waals surface area contributed by atoms with Crippen LogP contribution in [0.1, 0.15) is 42.0 Å². The quantitative estimate of drug-likeness (QED) is 0.172. The lowest BCUT2D eigenvalue weighted by Crippen LogP contribution is -2.34. The first kappa shape index (κ1) is 33.1. The molecule has 8 nitrogen and oxygen atoms in total. The number of amides is 2. The van der Waals surface area contributed by atoms with Gasteiger partial charge in [-0.3, -0.25) is 19.6 Å². The van der Waals surface area contributed by atoms with E-state index in [0.717, 1.165) is 29.1 Å². The monoisotopic (exact) mass is 684 g/mol. The maximum absolute atomic E-state index is 14.3. The molecule has 0 bridgehead atoms. The van der Waals surface area contributed by atoms with E-state index in [9.17, 15) is 18.8 Å². The Labute approximate surface area is 287 Å². The van der Waals surface area contributed by atoms with Gasteiger partial charge in [-0.25, -0.2) is 9.18 Å². The molecule has 4 aromatic rings. The molecule has 0 saturated heterocycles. The van der Waals surface area contributed by atoms with Gasteiger partial charge in [-0.1, -0.05) is 65.7 Å². The van der Waals surface area contributed by atoms with E-state index in [1.54, 1.807) is 37.3 Å². The summed E-state index contributed by atoms with van der Waals surface area (Å²) in [5, 5.41) is 3.68. The van der Waals surface area contributed by atoms with Crippen LogP contribution >= 0.6 is 23.2 Å². The number of anilines is 2. The first-order valence-corrected chi connectivity index (χ1v) is 16.3. The molecular formula is C37H31Cl2FN4O4. The maximum Gasteiger partial charge on any atom is 0.340 e. The molecule has 7 rings (SSSR count). The van der Waals surface area contributed by atoms with Crippen LogP contribution in [0.25, 0.3) is 0 Å². The molecular weight excluding hydrogens is 654 g/mol. The SMILES string of the molecule is CCOC(=O)C1N=C(c2ccccc2F)c2cc(Cl)ccc2NC1=O.O=C1CN=C(c2ccccc2)c2cc(Cl)ccc2N1CC1CC1. The Morgan fingerprint density at radius 2 is 1.58 bits per heavy atom. The van der Waals surface area contributed by atoms with Gasteiger partial charge in [0.05, 0.1) is 29.4 Å². The lowest BCUT2D eigenvalue weighted by molar-refractivity contribution is -0.146. The number of rotatable bonds is 6. The molecule has 1 saturated carbocycles. The zero-order chi connectivity index (χ0) is 33.8. The van der Waals surface area contributed by atoms with Gasteiger partial charge in [-0.15, -0.1) is 0 Å². The summed E-state index contributed by atoms with van der Waals surface area (Å²) < 4.78 is 19.3. The Morgan fingerprint density at radius 1 is 0.896 bits per heavy atom. The van der Waals surface area contributed by atoms with Gasteiger partial charge in [-0.05, 0) is 74.2 Å². The number of benzene rings is 4. The van der Waals surface area contributed by atoms with Gasteiger partial charge in [-0.2, -0.15) is 0 Å². The van der Waals surface area contributed by atoms with E-state index in [-0.39, 0.29) is 30.3 Å². The second-order valence-corrected chi connectivity index (χ2v) is 12.3. The Hall–Kier alpha value is -4.86. The number of carbonyl (C=O) groups is 3. The van der Waals surface area contributed by atoms with Gasteiger partial charge < -0.3 is 15.0 Å². The van der Waals surface area contributed by atoms with E-state index in [1.807, 2.05) is 53.4 Å². The van der Waals surface area contributed by atoms with E-state index >= 15 is 0 Å². The molecule has 1 unspecified atom stereocenters. The number of carbonyl (C=O) groups excluding carboxylic acids is 3. The molecule has 2 aliphatic heterocycles. The Kier molecular flexibility index (Phi) is 9.98. The van der Waals surface area contributed by atoms with E-state index in [4.69, 9.17) is 27.9 Å². The molecule has 4 aromatic carbocycles. The third kappa shape index (κ3) is 7.32. The van der Waals surface area contributed by atoms with Crippen molar-refractivity contribution in [2.24, 2.45) is 15.9 Å². The topological polar surface area (TPSA) is 100 Å². The van der Waals surface area contributed by atoms with E-state index in [2.05, 4.69) is 15.3 Å². The number of aliphatic imine (C=N–C) groups is 2. The van der Waals surface area contributed by atoms with Crippen LogP contribution in [0.5, 0.6) is 0 Å². The number of benzodiazepines with no additional fused rings is 2. The summed E-state index contributed by atoms with van der Waals surface area (Å²) in [6, 6.07) is 25.0. The van der Waals surface area contributed by atoms with Gasteiger partial charge in [0.2, 0.25) is 11.9 Å². The van der Waals surface area contributed by atoms with Crippen molar-refractivity contribution in [1.29, 1.82) is 0 Å². The van der Waals surface area contributed by atoms with E-state index in [0.29, 0.717) is 27.2 Å². The maximum atomic E-state index is 14.3. The van der Waals surface area contributed by atoms with Gasteiger partial charge in [0.15, 0.2) is 0 Å². The van der Waals surface area contributed by atoms with Crippen LogP contribution in [0.15, 0.2) is 101 Å². The number of nitrogens with zero attached hydrogens (tertiary/aromatic N) is 3. The molecule has 3 aliphatic rings. The predicted octanol–water partition coefficient (Wildman–Crippen LogP) is 7.13. The molecule has 1 N–H and O–H groups in total. The van der Waals surface area contributed by atoms with Crippen molar-refractivity contribution < 1.29 is 23.5 Å². The number of esters is 1. The van der Waals surface area contributed by atoms with Crippen LogP contribution in [0, 0.1) is 11.7 Å². The Morgan fingerprint density at radius 3 is 2.29 bits per heavy atom. The Balaban J connectivity index is 0.000000168. The van der Waals surface area contributed by atoms with Crippen LogP contribution < -0.4 is 10.2 Å². The largest absolute Gasteiger partial charge is 0.464 e. The highest BCUT2D eigenvalue weighted by Crippen LogP contribution is 2.35. The second-order valence-electron chi connectivity index (χ2n) is 11.4. The van der Waals surface area contributed by atoms with Crippen LogP contribution in [0.2, 0.25) is 10.0 Å². The van der Waals surface area contributed by atoms with Crippen molar-refractivity contribution in [3.8, 4) is 0 Å². The molecule has 1 fully saturated rings. The summed E-state index contributed by atoms with van der Waals surface area (Å²) >= 11 is 12.3. The van der Waals surface area contributed by atoms with Crippen molar-refractivity contribution in [2.75, 3.05) is 29.9 Å². The van der Waals surface area contributed by atoms with Crippen molar-refractivity contribution in [1.82, 2.24) is 0 Å². The third-order valence-electron chi connectivity index (χ3n) is 8.00. The van der Waals surface area contributed by atoms with E-state index < -0.39 is 23.7 Å². The standard InChI is InChI=1S/C19H17ClN2O.C18H14ClFN2O3/c20-15-8-9-17-16(10-15)19(14-4-2-1-3-5-14)21-11-18(23)22(17)12-13-6-7-13;1-2-25-18(24)16-17(23)21-14-8-7-10(19)9-12(14)15(22-16)11-5-3-4-6-13(11)20/h1-5,8-10,13H,6-7,11-12H2;3-9,16H,2H2,1H3,(H,21,23). The lowest BCUT2D eigenvalue weighted by Gasteiger charge is -2.23. The molecule has 2 heterocycles. The zero-order valence-corrected chi connectivity index (χ0v) is 27.5. The van der Waals surface area contributed by atoms with Crippen molar-refractivity contribution in [3.63, 3.8) is 0 Å². The lowest BCUT2D eigenvalue weighted by atomic mass is 10.00. The van der Waals surface area contributed by atoms with E-state index in [1.165, 1.54) is 25.0 Å². The van der Waals surface area contributed by atoms with Gasteiger partial charge in [0.1, 0.15) is 12.4 Å². The summed E-state index contributed by atoms with van der Waals surface area (Å²) in [4.78, 5) is 47.8. The molecule has 244 valence electrons. The highest BCUT2D eigenvalue weighted by Gasteiger charge is 2.34. The minimum Gasteiger partial charge on any atom is -0.464 e. The second kappa shape index (κ2) is 14.5. The normalized spacial score (nSPS) is 16.9. The fourth-order valence-corrected chi connectivity index (χ4v) is 5.86. The highest BCUT2D eigenvalue weighted by atomic mass is 35.5. The average molecular weight is 686 g/mol. The molecule has 2 amide bonds. The first-order valence-electron chi connectivity index (χ1n) is 15.5. The number of hydrogen-bond acceptors (Lipinski definition) is 6. The molecule has 1 aliphatic carbocycles. The number of hydrogen-bond donors (Lipinski definition) is 1. The number of ether oxygens (including phenoxy) is 1. The summed E-state index contributed by atoms with van der Waals surface area (Å²) in [5.41, 5.74) is 4.86. The summed E-state index contributed by atoms with van der Waals surface area (Å²) in [7, 11) is 0.